The van der Waals surface area contributed by atoms with Gasteiger partial charge in [-0.05, 0) is 12.5 Å². The molecule has 1 unspecified atom stereocenters. The smallest absolute Gasteiger partial charge is 0.222 e. The Morgan fingerprint density at radius 3 is 2.77 bits per heavy atom. The van der Waals surface area contributed by atoms with E-state index in [-0.39, 0.29) is 6.10 Å². The maximum absolute atomic E-state index is 9.39. The molecule has 4 nitrogen and oxygen atoms in total. The van der Waals surface area contributed by atoms with Crippen LogP contribution in [0.4, 0.5) is 5.95 Å². The molecule has 4 heteroatoms. The van der Waals surface area contributed by atoms with Crippen molar-refractivity contribution in [2.45, 2.75) is 25.9 Å². The average Bonchev–Trinajstić information content (AvgIpc) is 2.17. The fourth-order valence-corrected chi connectivity index (χ4v) is 1.03. The van der Waals surface area contributed by atoms with Crippen molar-refractivity contribution in [3.8, 4) is 0 Å². The Morgan fingerprint density at radius 2 is 2.15 bits per heavy atom. The first-order valence-corrected chi connectivity index (χ1v) is 4.52. The van der Waals surface area contributed by atoms with Gasteiger partial charge in [-0.15, -0.1) is 0 Å². The number of anilines is 1. The third kappa shape index (κ3) is 3.85. The highest BCUT2D eigenvalue weighted by Crippen LogP contribution is 1.98. The monoisotopic (exact) mass is 181 g/mol. The Balaban J connectivity index is 2.27. The lowest BCUT2D eigenvalue weighted by molar-refractivity contribution is 0.176. The Bertz CT molecular complexity index is 228. The molecule has 72 valence electrons. The summed E-state index contributed by atoms with van der Waals surface area (Å²) in [6, 6.07) is 1.76. The molecule has 0 amide bonds. The maximum atomic E-state index is 9.39. The number of aliphatic hydroxyl groups excluding tert-OH is 1. The minimum Gasteiger partial charge on any atom is -0.391 e. The minimum atomic E-state index is -0.311. The molecule has 0 aromatic carbocycles. The lowest BCUT2D eigenvalue weighted by Gasteiger charge is -2.09. The molecule has 0 bridgehead atoms. The molecule has 1 rings (SSSR count). The number of nitrogens with zero attached hydrogens (tertiary/aromatic N) is 2. The largest absolute Gasteiger partial charge is 0.391 e. The Kier molecular flexibility index (Phi) is 4.18. The standard InChI is InChI=1S/C9H15N3O/c1-2-4-8(13)7-12-9-10-5-3-6-11-9/h3,5-6,8,13H,2,4,7H2,1H3,(H,10,11,12). The quantitative estimate of drug-likeness (QED) is 0.712. The van der Waals surface area contributed by atoms with E-state index in [1.165, 1.54) is 0 Å². The summed E-state index contributed by atoms with van der Waals surface area (Å²) in [5.74, 6) is 0.567. The summed E-state index contributed by atoms with van der Waals surface area (Å²) in [6.45, 7) is 2.56. The lowest BCUT2D eigenvalue weighted by Crippen LogP contribution is -2.19. The van der Waals surface area contributed by atoms with Gasteiger partial charge < -0.3 is 10.4 Å². The molecule has 0 aliphatic rings. The summed E-state index contributed by atoms with van der Waals surface area (Å²) in [5, 5.41) is 12.3. The minimum absolute atomic E-state index is 0.311. The van der Waals surface area contributed by atoms with Crippen molar-refractivity contribution >= 4 is 5.95 Å². The number of hydrogen-bond donors (Lipinski definition) is 2. The van der Waals surface area contributed by atoms with E-state index in [0.717, 1.165) is 12.8 Å². The van der Waals surface area contributed by atoms with E-state index in [0.29, 0.717) is 12.5 Å². The Labute approximate surface area is 78.0 Å². The first-order valence-electron chi connectivity index (χ1n) is 4.52. The molecule has 1 aromatic rings. The van der Waals surface area contributed by atoms with Crippen LogP contribution in [0.25, 0.3) is 0 Å². The SMILES string of the molecule is CCCC(O)CNc1ncccn1. The Morgan fingerprint density at radius 1 is 1.46 bits per heavy atom. The van der Waals surface area contributed by atoms with Gasteiger partial charge in [-0.3, -0.25) is 0 Å². The van der Waals surface area contributed by atoms with Crippen molar-refractivity contribution in [2.24, 2.45) is 0 Å². The zero-order valence-corrected chi connectivity index (χ0v) is 7.77. The molecule has 0 spiro atoms. The van der Waals surface area contributed by atoms with Crippen LogP contribution in [-0.4, -0.2) is 27.7 Å². The van der Waals surface area contributed by atoms with E-state index >= 15 is 0 Å². The molecular weight excluding hydrogens is 166 g/mol. The van der Waals surface area contributed by atoms with Gasteiger partial charge in [-0.2, -0.15) is 0 Å². The first kappa shape index (κ1) is 9.92. The van der Waals surface area contributed by atoms with E-state index in [2.05, 4.69) is 15.3 Å². The van der Waals surface area contributed by atoms with Gasteiger partial charge >= 0.3 is 0 Å². The van der Waals surface area contributed by atoms with Crippen LogP contribution < -0.4 is 5.32 Å². The number of rotatable bonds is 5. The molecule has 1 aromatic heterocycles. The first-order chi connectivity index (χ1) is 6.33. The third-order valence-electron chi connectivity index (χ3n) is 1.68. The van der Waals surface area contributed by atoms with Gasteiger partial charge in [0.2, 0.25) is 5.95 Å². The van der Waals surface area contributed by atoms with Crippen molar-refractivity contribution in [1.29, 1.82) is 0 Å². The van der Waals surface area contributed by atoms with Gasteiger partial charge in [0.1, 0.15) is 0 Å². The van der Waals surface area contributed by atoms with Crippen LogP contribution in [0.2, 0.25) is 0 Å². The molecule has 0 saturated carbocycles. The molecule has 0 radical (unpaired) electrons. The summed E-state index contributed by atoms with van der Waals surface area (Å²) in [4.78, 5) is 7.95. The fourth-order valence-electron chi connectivity index (χ4n) is 1.03. The predicted molar refractivity (Wildman–Crippen MR) is 51.4 cm³/mol. The molecule has 1 heterocycles. The van der Waals surface area contributed by atoms with Gasteiger partial charge in [-0.25, -0.2) is 9.97 Å². The summed E-state index contributed by atoms with van der Waals surface area (Å²) in [7, 11) is 0. The highest BCUT2D eigenvalue weighted by Gasteiger charge is 2.02. The van der Waals surface area contributed by atoms with Crippen LogP contribution in [0.3, 0.4) is 0 Å². The Hall–Kier alpha value is -1.16. The number of aromatic nitrogens is 2. The van der Waals surface area contributed by atoms with Crippen LogP contribution >= 0.6 is 0 Å². The molecular formula is C9H15N3O. The van der Waals surface area contributed by atoms with E-state index in [1.54, 1.807) is 18.5 Å². The average molecular weight is 181 g/mol. The van der Waals surface area contributed by atoms with E-state index in [4.69, 9.17) is 0 Å². The number of aliphatic hydroxyl groups is 1. The predicted octanol–water partition coefficient (Wildman–Crippen LogP) is 1.05. The molecule has 1 atom stereocenters. The third-order valence-corrected chi connectivity index (χ3v) is 1.68. The maximum Gasteiger partial charge on any atom is 0.222 e. The molecule has 13 heavy (non-hydrogen) atoms. The summed E-state index contributed by atoms with van der Waals surface area (Å²) >= 11 is 0. The second kappa shape index (κ2) is 5.48. The van der Waals surface area contributed by atoms with Gasteiger partial charge in [0.25, 0.3) is 0 Å². The van der Waals surface area contributed by atoms with Gasteiger partial charge in [0, 0.05) is 18.9 Å². The van der Waals surface area contributed by atoms with Crippen molar-refractivity contribution in [3.63, 3.8) is 0 Å². The highest BCUT2D eigenvalue weighted by molar-refractivity contribution is 5.21. The van der Waals surface area contributed by atoms with Crippen LogP contribution in [0.15, 0.2) is 18.5 Å². The van der Waals surface area contributed by atoms with Crippen LogP contribution in [0.5, 0.6) is 0 Å². The van der Waals surface area contributed by atoms with Crippen molar-refractivity contribution in [3.05, 3.63) is 18.5 Å². The topological polar surface area (TPSA) is 58.0 Å². The summed E-state index contributed by atoms with van der Waals surface area (Å²) in [6.07, 6.45) is 4.82. The highest BCUT2D eigenvalue weighted by atomic mass is 16.3. The van der Waals surface area contributed by atoms with Crippen molar-refractivity contribution < 1.29 is 5.11 Å². The molecule has 0 aliphatic heterocycles. The molecule has 0 aliphatic carbocycles. The fraction of sp³-hybridized carbons (Fsp3) is 0.556. The second-order valence-corrected chi connectivity index (χ2v) is 2.90. The molecule has 2 N–H and O–H groups in total. The van der Waals surface area contributed by atoms with Crippen LogP contribution in [0, 0.1) is 0 Å². The number of nitrogens with one attached hydrogen (secondary N) is 1. The van der Waals surface area contributed by atoms with Gasteiger partial charge in [-0.1, -0.05) is 13.3 Å². The van der Waals surface area contributed by atoms with E-state index in [1.807, 2.05) is 6.92 Å². The van der Waals surface area contributed by atoms with E-state index in [9.17, 15) is 5.11 Å². The lowest BCUT2D eigenvalue weighted by atomic mass is 10.2. The van der Waals surface area contributed by atoms with Crippen molar-refractivity contribution in [1.82, 2.24) is 9.97 Å². The molecule has 0 saturated heterocycles. The molecule has 0 fully saturated rings. The second-order valence-electron chi connectivity index (χ2n) is 2.90. The van der Waals surface area contributed by atoms with Gasteiger partial charge in [0.05, 0.1) is 6.10 Å². The summed E-state index contributed by atoms with van der Waals surface area (Å²) < 4.78 is 0. The zero-order valence-electron chi connectivity index (χ0n) is 7.77. The van der Waals surface area contributed by atoms with Gasteiger partial charge in [0.15, 0.2) is 0 Å². The zero-order chi connectivity index (χ0) is 9.52. The van der Waals surface area contributed by atoms with Crippen LogP contribution in [0.1, 0.15) is 19.8 Å². The normalized spacial score (nSPS) is 12.5. The summed E-state index contributed by atoms with van der Waals surface area (Å²) in [5.41, 5.74) is 0. The van der Waals surface area contributed by atoms with Crippen LogP contribution in [-0.2, 0) is 0 Å². The van der Waals surface area contributed by atoms with Crippen molar-refractivity contribution in [2.75, 3.05) is 11.9 Å². The van der Waals surface area contributed by atoms with E-state index < -0.39 is 0 Å². The number of hydrogen-bond acceptors (Lipinski definition) is 4.